The predicted octanol–water partition coefficient (Wildman–Crippen LogP) is 4.17. The molecule has 6 heteroatoms. The molecule has 1 saturated carbocycles. The molecule has 5 nitrogen and oxygen atoms in total. The van der Waals surface area contributed by atoms with Crippen LogP contribution in [0.2, 0.25) is 0 Å². The highest BCUT2D eigenvalue weighted by Crippen LogP contribution is 2.35. The first kappa shape index (κ1) is 19.9. The minimum atomic E-state index is -0.524. The summed E-state index contributed by atoms with van der Waals surface area (Å²) in [5.41, 5.74) is 4.34. The monoisotopic (exact) mass is 419 g/mol. The van der Waals surface area contributed by atoms with Gasteiger partial charge in [-0.15, -0.1) is 0 Å². The van der Waals surface area contributed by atoms with Gasteiger partial charge in [-0.05, 0) is 67.1 Å². The highest BCUT2D eigenvalue weighted by molar-refractivity contribution is 5.99. The van der Waals surface area contributed by atoms with E-state index in [1.165, 1.54) is 0 Å². The van der Waals surface area contributed by atoms with Crippen molar-refractivity contribution < 1.29 is 14.3 Å². The van der Waals surface area contributed by atoms with E-state index < -0.39 is 6.10 Å². The number of carbonyl (C=O) groups excluding carboxylic acids is 1. The van der Waals surface area contributed by atoms with Crippen LogP contribution >= 0.6 is 0 Å². The number of amides is 1. The van der Waals surface area contributed by atoms with Gasteiger partial charge >= 0.3 is 0 Å². The Morgan fingerprint density at radius 3 is 2.68 bits per heavy atom. The van der Waals surface area contributed by atoms with Crippen LogP contribution < -0.4 is 0 Å². The van der Waals surface area contributed by atoms with Crippen LogP contribution in [0.3, 0.4) is 0 Å². The van der Waals surface area contributed by atoms with Crippen molar-refractivity contribution in [2.24, 2.45) is 0 Å². The molecule has 2 aromatic carbocycles. The second-order valence-electron chi connectivity index (χ2n) is 8.65. The largest absolute Gasteiger partial charge is 0.391 e. The number of hydrogen-bond donors (Lipinski definition) is 1. The van der Waals surface area contributed by atoms with Gasteiger partial charge in [0, 0.05) is 23.5 Å². The van der Waals surface area contributed by atoms with Crippen molar-refractivity contribution in [3.8, 4) is 5.69 Å². The molecule has 0 unspecified atom stereocenters. The van der Waals surface area contributed by atoms with Gasteiger partial charge in [-0.25, -0.2) is 9.07 Å². The van der Waals surface area contributed by atoms with Gasteiger partial charge in [0.2, 0.25) is 0 Å². The van der Waals surface area contributed by atoms with Crippen molar-refractivity contribution in [2.75, 3.05) is 0 Å². The summed E-state index contributed by atoms with van der Waals surface area (Å²) in [7, 11) is 0. The fourth-order valence-corrected chi connectivity index (χ4v) is 4.91. The number of carbonyl (C=O) groups is 1. The SMILES string of the molecule is Cc1c(Cc2ccc(-n3cccn3)cc2)cc2c(c1F)CN([C@@H]1CCCC[C@H]1O)C2=O. The Morgan fingerprint density at radius 1 is 1.19 bits per heavy atom. The maximum Gasteiger partial charge on any atom is 0.254 e. The maximum atomic E-state index is 15.3. The summed E-state index contributed by atoms with van der Waals surface area (Å²) < 4.78 is 17.1. The number of aliphatic hydroxyl groups excluding tert-OH is 1. The summed E-state index contributed by atoms with van der Waals surface area (Å²) >= 11 is 0. The molecule has 1 aliphatic heterocycles. The normalized spacial score (nSPS) is 20.9. The number of rotatable bonds is 4. The molecule has 1 amide bonds. The lowest BCUT2D eigenvalue weighted by molar-refractivity contribution is 0.0190. The Morgan fingerprint density at radius 2 is 1.97 bits per heavy atom. The average Bonchev–Trinajstić information content (AvgIpc) is 3.42. The Bertz CT molecular complexity index is 1110. The number of aliphatic hydroxyl groups is 1. The first-order chi connectivity index (χ1) is 15.0. The number of benzene rings is 2. The molecule has 1 aromatic heterocycles. The van der Waals surface area contributed by atoms with E-state index in [1.807, 2.05) is 42.6 Å². The number of nitrogens with zero attached hydrogens (tertiary/aromatic N) is 3. The molecule has 1 N–H and O–H groups in total. The van der Waals surface area contributed by atoms with Gasteiger partial charge in [-0.3, -0.25) is 4.79 Å². The number of halogens is 1. The van der Waals surface area contributed by atoms with Crippen molar-refractivity contribution in [1.29, 1.82) is 0 Å². The van der Waals surface area contributed by atoms with Gasteiger partial charge < -0.3 is 10.0 Å². The molecule has 0 spiro atoms. The first-order valence-electron chi connectivity index (χ1n) is 10.9. The van der Waals surface area contributed by atoms with Crippen LogP contribution in [0.15, 0.2) is 48.8 Å². The first-order valence-corrected chi connectivity index (χ1v) is 10.9. The Kier molecular flexibility index (Phi) is 5.10. The summed E-state index contributed by atoms with van der Waals surface area (Å²) in [5, 5.41) is 14.6. The Hall–Kier alpha value is -2.99. The third-order valence-corrected chi connectivity index (χ3v) is 6.73. The second kappa shape index (κ2) is 7.93. The third-order valence-electron chi connectivity index (χ3n) is 6.73. The van der Waals surface area contributed by atoms with E-state index in [9.17, 15) is 9.90 Å². The molecule has 0 saturated heterocycles. The predicted molar refractivity (Wildman–Crippen MR) is 116 cm³/mol. The average molecular weight is 420 g/mol. The highest BCUT2D eigenvalue weighted by Gasteiger charge is 2.39. The Labute approximate surface area is 181 Å². The maximum absolute atomic E-state index is 15.3. The third kappa shape index (κ3) is 3.55. The van der Waals surface area contributed by atoms with Gasteiger partial charge in [0.1, 0.15) is 5.82 Å². The lowest BCUT2D eigenvalue weighted by Crippen LogP contribution is -2.45. The molecule has 2 heterocycles. The molecule has 31 heavy (non-hydrogen) atoms. The van der Waals surface area contributed by atoms with E-state index in [-0.39, 0.29) is 24.3 Å². The molecule has 5 rings (SSSR count). The quantitative estimate of drug-likeness (QED) is 0.691. The smallest absolute Gasteiger partial charge is 0.254 e. The number of hydrogen-bond acceptors (Lipinski definition) is 3. The van der Waals surface area contributed by atoms with Crippen LogP contribution in [0.4, 0.5) is 4.39 Å². The minimum absolute atomic E-state index is 0.157. The van der Waals surface area contributed by atoms with E-state index in [2.05, 4.69) is 5.10 Å². The molecule has 160 valence electrons. The second-order valence-corrected chi connectivity index (χ2v) is 8.65. The molecular formula is C25H26FN3O2. The van der Waals surface area contributed by atoms with Crippen molar-refractivity contribution >= 4 is 5.91 Å². The molecule has 1 aliphatic carbocycles. The van der Waals surface area contributed by atoms with Crippen LogP contribution in [-0.2, 0) is 13.0 Å². The molecule has 0 radical (unpaired) electrons. The fourth-order valence-electron chi connectivity index (χ4n) is 4.91. The van der Waals surface area contributed by atoms with Gasteiger partial charge in [0.25, 0.3) is 5.91 Å². The number of aromatic nitrogens is 2. The van der Waals surface area contributed by atoms with Gasteiger partial charge in [0.05, 0.1) is 24.4 Å². The molecular weight excluding hydrogens is 393 g/mol. The molecule has 0 bridgehead atoms. The van der Waals surface area contributed by atoms with E-state index in [0.29, 0.717) is 29.5 Å². The standard InChI is InChI=1S/C25H26FN3O2/c1-16-18(13-17-7-9-19(10-8-17)29-12-4-11-27-29)14-20-21(24(16)26)15-28(25(20)31)22-5-2-3-6-23(22)30/h4,7-12,14,22-23,30H,2-3,5-6,13,15H2,1H3/t22-,23-/m1/s1. The lowest BCUT2D eigenvalue weighted by Gasteiger charge is -2.35. The summed E-state index contributed by atoms with van der Waals surface area (Å²) in [4.78, 5) is 14.8. The topological polar surface area (TPSA) is 58.4 Å². The van der Waals surface area contributed by atoms with Crippen molar-refractivity contribution in [3.05, 3.63) is 82.4 Å². The van der Waals surface area contributed by atoms with Gasteiger partial charge in [0.15, 0.2) is 0 Å². The van der Waals surface area contributed by atoms with Gasteiger partial charge in [-0.1, -0.05) is 25.0 Å². The highest BCUT2D eigenvalue weighted by atomic mass is 19.1. The van der Waals surface area contributed by atoms with Gasteiger partial charge in [-0.2, -0.15) is 5.10 Å². The summed E-state index contributed by atoms with van der Waals surface area (Å²) in [6.07, 6.45) is 7.08. The molecule has 3 aromatic rings. The minimum Gasteiger partial charge on any atom is -0.391 e. The fraction of sp³-hybridized carbons (Fsp3) is 0.360. The van der Waals surface area contributed by atoms with E-state index in [1.54, 1.807) is 22.7 Å². The van der Waals surface area contributed by atoms with Crippen LogP contribution in [0.5, 0.6) is 0 Å². The van der Waals surface area contributed by atoms with E-state index in [0.717, 1.165) is 36.1 Å². The zero-order valence-electron chi connectivity index (χ0n) is 17.6. The summed E-state index contributed by atoms with van der Waals surface area (Å²) in [6.45, 7) is 2.03. The van der Waals surface area contributed by atoms with Crippen LogP contribution in [0.25, 0.3) is 5.69 Å². The van der Waals surface area contributed by atoms with Crippen LogP contribution in [0, 0.1) is 12.7 Å². The van der Waals surface area contributed by atoms with Crippen LogP contribution in [0.1, 0.15) is 58.3 Å². The van der Waals surface area contributed by atoms with Crippen LogP contribution in [-0.4, -0.2) is 37.8 Å². The molecule has 2 atom stereocenters. The van der Waals surface area contributed by atoms with Crippen molar-refractivity contribution in [3.63, 3.8) is 0 Å². The van der Waals surface area contributed by atoms with E-state index in [4.69, 9.17) is 0 Å². The molecule has 2 aliphatic rings. The summed E-state index contributed by atoms with van der Waals surface area (Å²) in [6, 6.07) is 11.5. The Balaban J connectivity index is 1.41. The zero-order chi connectivity index (χ0) is 21.5. The summed E-state index contributed by atoms with van der Waals surface area (Å²) in [5.74, 6) is -0.447. The van der Waals surface area contributed by atoms with Crippen molar-refractivity contribution in [1.82, 2.24) is 14.7 Å². The number of fused-ring (bicyclic) bond motifs is 1. The zero-order valence-corrected chi connectivity index (χ0v) is 17.6. The molecule has 1 fully saturated rings. The van der Waals surface area contributed by atoms with Crippen molar-refractivity contribution in [2.45, 2.75) is 57.7 Å². The van der Waals surface area contributed by atoms with E-state index >= 15 is 4.39 Å². The lowest BCUT2D eigenvalue weighted by atomic mass is 9.91.